The van der Waals surface area contributed by atoms with Gasteiger partial charge in [0.1, 0.15) is 60.4 Å². The number of fused-ring (bicyclic) bond motifs is 1. The first-order valence-corrected chi connectivity index (χ1v) is 39.6. The molecular weight excluding hydrogens is 1570 g/mol. The number of benzene rings is 5. The first-order valence-electron chi connectivity index (χ1n) is 39.3. The number of nitrogens with one attached hydrogen (secondary N) is 14. The Bertz CT molecular complexity index is 4920. The van der Waals surface area contributed by atoms with Crippen LogP contribution in [0.3, 0.4) is 0 Å². The first-order chi connectivity index (χ1) is 57.3. The molecular formula is C82H102ClN23O14. The predicted molar refractivity (Wildman–Crippen MR) is 445 cm³/mol. The van der Waals surface area contributed by atoms with Crippen LogP contribution in [0.25, 0.3) is 10.8 Å². The third-order valence-corrected chi connectivity index (χ3v) is 19.9. The molecule has 38 heteroatoms. The molecule has 37 nitrogen and oxygen atoms in total. The van der Waals surface area contributed by atoms with Gasteiger partial charge in [0, 0.05) is 80.4 Å². The second kappa shape index (κ2) is 43.8. The third kappa shape index (κ3) is 27.4. The summed E-state index contributed by atoms with van der Waals surface area (Å²) >= 11 is 6.28. The summed E-state index contributed by atoms with van der Waals surface area (Å²) < 4.78 is 0. The average molecular weight is 1670 g/mol. The molecule has 0 aliphatic carbocycles. The molecule has 10 atom stereocenters. The van der Waals surface area contributed by atoms with Gasteiger partial charge < -0.3 is 91.0 Å². The third-order valence-electron chi connectivity index (χ3n) is 19.6. The van der Waals surface area contributed by atoms with Crippen molar-refractivity contribution in [2.45, 2.75) is 179 Å². The highest BCUT2D eigenvalue weighted by molar-refractivity contribution is 6.30. The number of nitrogens with two attached hydrogens (primary N) is 3. The second-order valence-corrected chi connectivity index (χ2v) is 30.4. The molecule has 21 N–H and O–H groups in total. The molecule has 0 bridgehead atoms. The van der Waals surface area contributed by atoms with Gasteiger partial charge in [-0.15, -0.1) is 10.2 Å². The number of hydrogen-bond acceptors (Lipinski definition) is 22. The number of pyridine rings is 1. The van der Waals surface area contributed by atoms with Crippen LogP contribution < -0.4 is 81.0 Å². The molecule has 0 unspecified atom stereocenters. The van der Waals surface area contributed by atoms with Gasteiger partial charge in [-0.2, -0.15) is 9.97 Å². The van der Waals surface area contributed by atoms with Gasteiger partial charge in [0.25, 0.3) is 11.8 Å². The number of halogens is 1. The minimum atomic E-state index is -1.91. The van der Waals surface area contributed by atoms with Gasteiger partial charge in [0.15, 0.2) is 0 Å². The fraction of sp³-hybridized carbons (Fsp3) is 0.390. The molecule has 4 heterocycles. The summed E-state index contributed by atoms with van der Waals surface area (Å²) in [6.45, 7) is 9.79. The lowest BCUT2D eigenvalue weighted by molar-refractivity contribution is -0.142. The van der Waals surface area contributed by atoms with Crippen molar-refractivity contribution in [2.75, 3.05) is 41.8 Å². The highest BCUT2D eigenvalue weighted by atomic mass is 35.5. The Morgan fingerprint density at radius 3 is 1.43 bits per heavy atom. The number of unbranched alkanes of at least 4 members (excludes halogenated alkanes) is 1. The van der Waals surface area contributed by atoms with Crippen molar-refractivity contribution < 1.29 is 67.4 Å². The van der Waals surface area contributed by atoms with E-state index in [4.69, 9.17) is 28.8 Å². The van der Waals surface area contributed by atoms with Gasteiger partial charge in [0.05, 0.1) is 6.61 Å². The number of aliphatic hydroxyl groups is 1. The van der Waals surface area contributed by atoms with E-state index in [0.717, 1.165) is 10.8 Å². The Labute approximate surface area is 696 Å². The van der Waals surface area contributed by atoms with E-state index < -0.39 is 150 Å². The zero-order valence-corrected chi connectivity index (χ0v) is 67.9. The predicted octanol–water partition coefficient (Wildman–Crippen LogP) is 1.39. The molecule has 1 aliphatic heterocycles. The van der Waals surface area contributed by atoms with Gasteiger partial charge in [-0.1, -0.05) is 124 Å². The van der Waals surface area contributed by atoms with Crippen LogP contribution in [0.4, 0.5) is 23.3 Å². The molecule has 13 amide bonds. The van der Waals surface area contributed by atoms with Gasteiger partial charge in [-0.25, -0.2) is 0 Å². The molecule has 636 valence electrons. The number of aromatic amines is 2. The Morgan fingerprint density at radius 2 is 0.967 bits per heavy atom. The summed E-state index contributed by atoms with van der Waals surface area (Å²) in [6, 6.07) is 20.6. The summed E-state index contributed by atoms with van der Waals surface area (Å²) in [5, 5.41) is 58.7. The highest BCUT2D eigenvalue weighted by Gasteiger charge is 2.41. The Morgan fingerprint density at radius 1 is 0.517 bits per heavy atom. The van der Waals surface area contributed by atoms with Crippen molar-refractivity contribution in [1.82, 2.24) is 93.4 Å². The maximum absolute atomic E-state index is 15.6. The number of primary amides is 1. The molecule has 5 aromatic carbocycles. The summed E-state index contributed by atoms with van der Waals surface area (Å²) in [4.78, 5) is 198. The normalized spacial score (nSPS) is 14.8. The van der Waals surface area contributed by atoms with Crippen molar-refractivity contribution in [3.63, 3.8) is 0 Å². The van der Waals surface area contributed by atoms with Crippen molar-refractivity contribution in [2.24, 2.45) is 11.7 Å². The van der Waals surface area contributed by atoms with E-state index in [1.807, 2.05) is 56.3 Å². The minimum Gasteiger partial charge on any atom is -0.394 e. The van der Waals surface area contributed by atoms with E-state index in [0.29, 0.717) is 58.6 Å². The quantitative estimate of drug-likeness (QED) is 0.0240. The number of aromatic nitrogens is 7. The molecule has 3 aromatic heterocycles. The van der Waals surface area contributed by atoms with Crippen molar-refractivity contribution >= 4 is 122 Å². The monoisotopic (exact) mass is 1670 g/mol. The van der Waals surface area contributed by atoms with Crippen LogP contribution in [0.15, 0.2) is 140 Å². The number of anilines is 4. The van der Waals surface area contributed by atoms with Gasteiger partial charge in [0.2, 0.25) is 88.5 Å². The summed E-state index contributed by atoms with van der Waals surface area (Å²) in [7, 11) is 0. The smallest absolute Gasteiger partial charge is 0.293 e. The molecule has 1 fully saturated rings. The highest BCUT2D eigenvalue weighted by Crippen LogP contribution is 2.24. The molecule has 8 aromatic rings. The van der Waals surface area contributed by atoms with Crippen LogP contribution in [0, 0.1) is 5.92 Å². The number of likely N-dealkylation sites (tertiary alicyclic amines) is 1. The zero-order valence-electron chi connectivity index (χ0n) is 67.2. The van der Waals surface area contributed by atoms with Crippen LogP contribution in [-0.4, -0.2) is 208 Å². The second-order valence-electron chi connectivity index (χ2n) is 30.0. The van der Waals surface area contributed by atoms with E-state index >= 15 is 28.8 Å². The molecule has 0 saturated carbocycles. The van der Waals surface area contributed by atoms with E-state index in [1.54, 1.807) is 50.2 Å². The van der Waals surface area contributed by atoms with Crippen LogP contribution >= 0.6 is 11.6 Å². The maximum Gasteiger partial charge on any atom is 0.293 e. The lowest BCUT2D eigenvalue weighted by atomic mass is 9.99. The molecule has 0 radical (unpaired) electrons. The maximum atomic E-state index is 15.6. The molecule has 1 aliphatic rings. The zero-order chi connectivity index (χ0) is 86.7. The Kier molecular flexibility index (Phi) is 33.1. The number of amides is 13. The Balaban J connectivity index is 1.02. The Hall–Kier alpha value is -13.3. The summed E-state index contributed by atoms with van der Waals surface area (Å²) in [5.74, 6) is -11.7. The largest absolute Gasteiger partial charge is 0.394 e. The van der Waals surface area contributed by atoms with E-state index in [-0.39, 0.29) is 98.4 Å². The SMILES string of the molecule is CC(=O)N[C@H](Cc1ccc2ccccc2c1)C(=O)N[C@H](Cc1ccc(Cl)cc1)C(=O)N[C@H](Cc1cccnc1)C(=O)N[C@@H](CO)C(=O)N[C@@H](Cc1ccc(NC(=O)c2nc(N)n[nH]2)cc1)C(=O)N[C@H](Cc1ccc(NC(=O)c2nc(N)n[nH]2)cc1)C(=O)N[C@@H](CC(C)C)C(=O)N[C@@H](CCCCNC(C)C)C(=O)N1CCC[C@H]1C(=O)N[C@H](C)C(N)=O. The summed E-state index contributed by atoms with van der Waals surface area (Å²) in [5.41, 5.74) is 19.5. The topological polar surface area (TPSA) is 564 Å². The fourth-order valence-corrected chi connectivity index (χ4v) is 13.5. The average Bonchev–Trinajstić information content (AvgIpc) is 1.75. The number of carbonyl (C=O) groups is 13. The van der Waals surface area contributed by atoms with Crippen LogP contribution in [0.1, 0.15) is 129 Å². The number of nitrogen functional groups attached to an aromatic ring is 2. The van der Waals surface area contributed by atoms with Crippen molar-refractivity contribution in [3.05, 3.63) is 184 Å². The fourth-order valence-electron chi connectivity index (χ4n) is 13.4. The number of carbonyl (C=O) groups excluding carboxylic acids is 13. The van der Waals surface area contributed by atoms with Crippen LogP contribution in [0.2, 0.25) is 5.02 Å². The van der Waals surface area contributed by atoms with Gasteiger partial charge >= 0.3 is 0 Å². The molecule has 120 heavy (non-hydrogen) atoms. The number of rotatable bonds is 42. The lowest BCUT2D eigenvalue weighted by Crippen LogP contribution is -2.62. The number of nitrogens with zero attached hydrogens (tertiary/aromatic N) is 6. The van der Waals surface area contributed by atoms with Crippen LogP contribution in [0.5, 0.6) is 0 Å². The molecule has 9 rings (SSSR count). The van der Waals surface area contributed by atoms with Gasteiger partial charge in [-0.3, -0.25) is 77.5 Å². The van der Waals surface area contributed by atoms with Crippen molar-refractivity contribution in [3.8, 4) is 0 Å². The number of H-pyrrole nitrogens is 2. The first kappa shape index (κ1) is 90.6. The molecule has 1 saturated heterocycles. The lowest BCUT2D eigenvalue weighted by Gasteiger charge is -2.31. The number of aliphatic hydroxyl groups excluding tert-OH is 1. The van der Waals surface area contributed by atoms with Crippen LogP contribution in [-0.2, 0) is 84.8 Å². The molecule has 0 spiro atoms. The van der Waals surface area contributed by atoms with E-state index in [9.17, 15) is 38.7 Å². The summed E-state index contributed by atoms with van der Waals surface area (Å²) in [6.07, 6.45) is 3.45. The van der Waals surface area contributed by atoms with E-state index in [1.165, 1.54) is 79.7 Å². The minimum absolute atomic E-state index is 0.00802. The number of hydrogen-bond donors (Lipinski definition) is 18. The van der Waals surface area contributed by atoms with Gasteiger partial charge in [-0.05, 0) is 139 Å². The van der Waals surface area contributed by atoms with E-state index in [2.05, 4.69) is 99.1 Å². The van der Waals surface area contributed by atoms with Crippen molar-refractivity contribution in [1.29, 1.82) is 0 Å². The standard InChI is InChI=1S/C82H102ClN23O14/c1-44(2)35-59(70(110)93-58(16-9-10-33-88-45(3)4)80(120)106-34-12-17-66(106)77(117)89-46(5)67(84)109)94-72(112)62(38-49-21-28-56(29-22-49)91-78(118)68-100-81(85)104-102-68)96-74(114)63(39-50-23-30-57(31-24-50)92-79(119)69-101-82(86)105-103-69)98-76(116)65(43-107)99-75(115)64(41-52-13-11-32-87-42-52)97-73(113)61(37-48-19-26-55(83)27-20-48)95-71(111)60(90-47(6)108)40-51-18-25-53-14-7-8-15-54(53)36-51/h7-8,11,13-15,18-32,36,42,44-46,58-66,88,107H,9-10,12,16-17,33-35,37-41,43H2,1-6H3,(H2,84,109)(H,89,117)(H,90,108)(H,91,118)(H,92,119)(H,93,110)(H,94,112)(H,95,111)(H,96,114)(H,97,113)(H,98,116)(H,99,115)(H3,85,100,102,104)(H3,86,101,103,105)/t46-,58+,59+,60-,61-,62-,63+,64-,65+,66+/m1/s1.